The van der Waals surface area contributed by atoms with Crippen LogP contribution in [0.15, 0.2) is 23.9 Å². The van der Waals surface area contributed by atoms with Crippen molar-refractivity contribution in [2.24, 2.45) is 0 Å². The van der Waals surface area contributed by atoms with Gasteiger partial charge in [-0.15, -0.1) is 0 Å². The molecular formula is C13H13FINO5. The van der Waals surface area contributed by atoms with E-state index in [1.54, 1.807) is 0 Å². The Morgan fingerprint density at radius 1 is 1.24 bits per heavy atom. The predicted octanol–water partition coefficient (Wildman–Crippen LogP) is 2.08. The summed E-state index contributed by atoms with van der Waals surface area (Å²) in [5.41, 5.74) is -0.0285. The number of nitrogens with one attached hydrogen (secondary N) is 1. The number of carbonyl (C=O) groups excluding carboxylic acids is 2. The zero-order valence-electron chi connectivity index (χ0n) is 11.5. The Bertz CT molecular complexity index is 588. The molecule has 0 radical (unpaired) electrons. The number of hydrogen-bond donors (Lipinski definition) is 1. The fraction of sp³-hybridized carbons (Fsp3) is 0.231. The Labute approximate surface area is 134 Å². The summed E-state index contributed by atoms with van der Waals surface area (Å²) in [4.78, 5) is 22.9. The molecule has 6 nitrogen and oxygen atoms in total. The van der Waals surface area contributed by atoms with Gasteiger partial charge in [-0.1, -0.05) is 0 Å². The van der Waals surface area contributed by atoms with Gasteiger partial charge in [-0.05, 0) is 34.7 Å². The zero-order chi connectivity index (χ0) is 16.0. The number of anilines is 1. The van der Waals surface area contributed by atoms with Crippen molar-refractivity contribution in [3.63, 3.8) is 0 Å². The molecule has 1 rings (SSSR count). The van der Waals surface area contributed by atoms with Crippen LogP contribution in [0.3, 0.4) is 0 Å². The van der Waals surface area contributed by atoms with Crippen LogP contribution < -0.4 is 10.1 Å². The van der Waals surface area contributed by atoms with E-state index in [1.165, 1.54) is 26.4 Å². The first-order valence-corrected chi connectivity index (χ1v) is 6.69. The number of hydrogen-bond acceptors (Lipinski definition) is 6. The average Bonchev–Trinajstić information content (AvgIpc) is 2.49. The molecule has 0 saturated heterocycles. The maximum atomic E-state index is 13.9. The van der Waals surface area contributed by atoms with Crippen LogP contribution in [0.5, 0.6) is 5.75 Å². The van der Waals surface area contributed by atoms with Gasteiger partial charge in [0.15, 0.2) is 11.6 Å². The summed E-state index contributed by atoms with van der Waals surface area (Å²) in [5, 5.41) is 2.60. The maximum absolute atomic E-state index is 13.9. The molecule has 0 aliphatic rings. The molecule has 1 N–H and O–H groups in total. The molecule has 0 amide bonds. The zero-order valence-corrected chi connectivity index (χ0v) is 13.7. The van der Waals surface area contributed by atoms with E-state index in [0.717, 1.165) is 13.2 Å². The monoisotopic (exact) mass is 409 g/mol. The highest BCUT2D eigenvalue weighted by molar-refractivity contribution is 14.1. The van der Waals surface area contributed by atoms with E-state index < -0.39 is 17.8 Å². The van der Waals surface area contributed by atoms with E-state index in [4.69, 9.17) is 4.74 Å². The van der Waals surface area contributed by atoms with E-state index in [-0.39, 0.29) is 17.1 Å². The number of halogens is 2. The third kappa shape index (κ3) is 4.31. The van der Waals surface area contributed by atoms with Gasteiger partial charge in [-0.25, -0.2) is 14.0 Å². The van der Waals surface area contributed by atoms with Gasteiger partial charge in [0.25, 0.3) is 0 Å². The van der Waals surface area contributed by atoms with Crippen molar-refractivity contribution >= 4 is 40.2 Å². The van der Waals surface area contributed by atoms with Gasteiger partial charge in [-0.3, -0.25) is 0 Å². The molecule has 1 aromatic carbocycles. The third-order valence-electron chi connectivity index (χ3n) is 2.39. The maximum Gasteiger partial charge on any atom is 0.354 e. The summed E-state index contributed by atoms with van der Waals surface area (Å²) >= 11 is 1.81. The van der Waals surface area contributed by atoms with Crippen LogP contribution in [-0.4, -0.2) is 33.3 Å². The van der Waals surface area contributed by atoms with Crippen molar-refractivity contribution in [3.05, 3.63) is 33.3 Å². The molecule has 0 aliphatic heterocycles. The normalized spacial score (nSPS) is 10.8. The molecule has 0 heterocycles. The molecule has 0 fully saturated rings. The van der Waals surface area contributed by atoms with Crippen LogP contribution in [0.1, 0.15) is 0 Å². The van der Waals surface area contributed by atoms with Crippen molar-refractivity contribution in [2.75, 3.05) is 26.6 Å². The second-order valence-corrected chi connectivity index (χ2v) is 4.80. The summed E-state index contributed by atoms with van der Waals surface area (Å²) in [7, 11) is 3.61. The molecule has 8 heteroatoms. The molecule has 114 valence electrons. The molecule has 0 aromatic heterocycles. The van der Waals surface area contributed by atoms with Crippen LogP contribution in [0.2, 0.25) is 0 Å². The lowest BCUT2D eigenvalue weighted by Gasteiger charge is -2.13. The predicted molar refractivity (Wildman–Crippen MR) is 81.4 cm³/mol. The van der Waals surface area contributed by atoms with Gasteiger partial charge in [0.1, 0.15) is 5.70 Å². The van der Waals surface area contributed by atoms with E-state index in [0.29, 0.717) is 3.57 Å². The summed E-state index contributed by atoms with van der Waals surface area (Å²) in [6, 6.07) is 3.01. The summed E-state index contributed by atoms with van der Waals surface area (Å²) in [5.74, 6) is -2.22. The van der Waals surface area contributed by atoms with Crippen molar-refractivity contribution in [2.45, 2.75) is 0 Å². The molecule has 0 spiro atoms. The van der Waals surface area contributed by atoms with Crippen LogP contribution in [0.4, 0.5) is 10.1 Å². The number of benzene rings is 1. The van der Waals surface area contributed by atoms with Gasteiger partial charge in [0.05, 0.1) is 36.7 Å². The lowest BCUT2D eigenvalue weighted by Crippen LogP contribution is -2.16. The van der Waals surface area contributed by atoms with Gasteiger partial charge in [-0.2, -0.15) is 0 Å². The Kier molecular flexibility index (Phi) is 6.40. The van der Waals surface area contributed by atoms with Crippen molar-refractivity contribution in [1.82, 2.24) is 0 Å². The minimum absolute atomic E-state index is 0.0819. The molecular weight excluding hydrogens is 396 g/mol. The van der Waals surface area contributed by atoms with E-state index in [1.807, 2.05) is 22.6 Å². The molecule has 21 heavy (non-hydrogen) atoms. The highest BCUT2D eigenvalue weighted by Crippen LogP contribution is 2.31. The standard InChI is InChI=1S/C13H13FINO5/c1-19-10(17)6-9(13(18)21-3)16-8-5-4-7(15)11(14)12(8)20-2/h4-6,16H,1-3H3/b9-6+. The van der Waals surface area contributed by atoms with E-state index in [2.05, 4.69) is 14.8 Å². The largest absolute Gasteiger partial charge is 0.492 e. The van der Waals surface area contributed by atoms with Crippen molar-refractivity contribution in [3.8, 4) is 5.75 Å². The second kappa shape index (κ2) is 7.81. The highest BCUT2D eigenvalue weighted by atomic mass is 127. The molecule has 0 bridgehead atoms. The van der Waals surface area contributed by atoms with Crippen LogP contribution in [0.25, 0.3) is 0 Å². The van der Waals surface area contributed by atoms with Crippen LogP contribution in [0, 0.1) is 9.39 Å². The SMILES string of the molecule is COC(=O)/C=C(/Nc1ccc(I)c(F)c1OC)C(=O)OC. The first kappa shape index (κ1) is 17.2. The van der Waals surface area contributed by atoms with Crippen LogP contribution in [-0.2, 0) is 19.1 Å². The molecule has 0 saturated carbocycles. The lowest BCUT2D eigenvalue weighted by atomic mass is 10.2. The van der Waals surface area contributed by atoms with Crippen LogP contribution >= 0.6 is 22.6 Å². The lowest BCUT2D eigenvalue weighted by molar-refractivity contribution is -0.138. The molecule has 0 unspecified atom stereocenters. The van der Waals surface area contributed by atoms with Gasteiger partial charge in [0, 0.05) is 0 Å². The van der Waals surface area contributed by atoms with Gasteiger partial charge < -0.3 is 19.5 Å². The molecule has 0 atom stereocenters. The highest BCUT2D eigenvalue weighted by Gasteiger charge is 2.18. The number of methoxy groups -OCH3 is 3. The summed E-state index contributed by atoms with van der Waals surface area (Å²) < 4.78 is 28.2. The first-order chi connectivity index (χ1) is 9.94. The van der Waals surface area contributed by atoms with Crippen molar-refractivity contribution in [1.29, 1.82) is 0 Å². The number of ether oxygens (including phenoxy) is 3. The molecule has 1 aromatic rings. The third-order valence-corrected chi connectivity index (χ3v) is 3.23. The van der Waals surface area contributed by atoms with Gasteiger partial charge >= 0.3 is 11.9 Å². The number of rotatable bonds is 5. The number of esters is 2. The van der Waals surface area contributed by atoms with E-state index in [9.17, 15) is 14.0 Å². The average molecular weight is 409 g/mol. The first-order valence-electron chi connectivity index (χ1n) is 5.61. The Morgan fingerprint density at radius 3 is 2.43 bits per heavy atom. The summed E-state index contributed by atoms with van der Waals surface area (Å²) in [6.07, 6.45) is 0.904. The van der Waals surface area contributed by atoms with Crippen molar-refractivity contribution < 1.29 is 28.2 Å². The second-order valence-electron chi connectivity index (χ2n) is 3.64. The smallest absolute Gasteiger partial charge is 0.354 e. The Balaban J connectivity index is 3.21. The minimum Gasteiger partial charge on any atom is -0.492 e. The minimum atomic E-state index is -0.804. The Hall–Kier alpha value is -1.84. The quantitative estimate of drug-likeness (QED) is 0.456. The topological polar surface area (TPSA) is 73.9 Å². The number of carbonyl (C=O) groups is 2. The van der Waals surface area contributed by atoms with E-state index >= 15 is 0 Å². The summed E-state index contributed by atoms with van der Waals surface area (Å²) in [6.45, 7) is 0. The fourth-order valence-corrected chi connectivity index (χ4v) is 1.83. The van der Waals surface area contributed by atoms with Gasteiger partial charge in [0.2, 0.25) is 0 Å². The Morgan fingerprint density at radius 2 is 1.90 bits per heavy atom. The molecule has 0 aliphatic carbocycles. The fourth-order valence-electron chi connectivity index (χ4n) is 1.41.